The first-order valence-electron chi connectivity index (χ1n) is 4.99. The van der Waals surface area contributed by atoms with Crippen molar-refractivity contribution < 1.29 is 0 Å². The quantitative estimate of drug-likeness (QED) is 0.708. The van der Waals surface area contributed by atoms with Crippen molar-refractivity contribution >= 4 is 11.8 Å². The number of hydrogen-bond acceptors (Lipinski definition) is 2. The molecule has 1 unspecified atom stereocenters. The van der Waals surface area contributed by atoms with Gasteiger partial charge in [-0.15, -0.1) is 0 Å². The molecular weight excluding hydrogens is 166 g/mol. The summed E-state index contributed by atoms with van der Waals surface area (Å²) in [6.07, 6.45) is 4.19. The molecule has 2 aliphatic rings. The maximum Gasteiger partial charge on any atom is 0.0251 e. The molecule has 2 fully saturated rings. The van der Waals surface area contributed by atoms with E-state index in [0.29, 0.717) is 5.41 Å². The zero-order valence-electron chi connectivity index (χ0n) is 8.10. The Morgan fingerprint density at radius 3 is 2.42 bits per heavy atom. The first-order chi connectivity index (χ1) is 5.66. The molecule has 0 radical (unpaired) electrons. The molecule has 0 aromatic heterocycles. The molecule has 70 valence electrons. The fourth-order valence-corrected chi connectivity index (χ4v) is 2.91. The van der Waals surface area contributed by atoms with Crippen LogP contribution in [-0.2, 0) is 0 Å². The largest absolute Gasteiger partial charge is 0.310 e. The van der Waals surface area contributed by atoms with E-state index in [1.54, 1.807) is 0 Å². The summed E-state index contributed by atoms with van der Waals surface area (Å²) in [5.74, 6) is 2.69. The van der Waals surface area contributed by atoms with E-state index in [1.807, 2.05) is 0 Å². The monoisotopic (exact) mass is 185 g/mol. The van der Waals surface area contributed by atoms with Crippen molar-refractivity contribution in [1.82, 2.24) is 5.32 Å². The highest BCUT2D eigenvalue weighted by molar-refractivity contribution is 8.00. The fraction of sp³-hybridized carbons (Fsp3) is 1.00. The van der Waals surface area contributed by atoms with Crippen molar-refractivity contribution in [2.24, 2.45) is 5.41 Å². The van der Waals surface area contributed by atoms with Gasteiger partial charge in [0.15, 0.2) is 0 Å². The van der Waals surface area contributed by atoms with Crippen molar-refractivity contribution in [3.63, 3.8) is 0 Å². The van der Waals surface area contributed by atoms with Crippen LogP contribution in [0.2, 0.25) is 0 Å². The fourth-order valence-electron chi connectivity index (χ4n) is 2.24. The lowest BCUT2D eigenvalue weighted by Crippen LogP contribution is -2.45. The predicted molar refractivity (Wildman–Crippen MR) is 55.7 cm³/mol. The van der Waals surface area contributed by atoms with Crippen LogP contribution in [0.5, 0.6) is 0 Å². The van der Waals surface area contributed by atoms with Gasteiger partial charge in [-0.2, -0.15) is 11.8 Å². The molecule has 1 saturated heterocycles. The van der Waals surface area contributed by atoms with E-state index < -0.39 is 0 Å². The Hall–Kier alpha value is 0.310. The topological polar surface area (TPSA) is 12.0 Å². The molecule has 0 aromatic rings. The maximum atomic E-state index is 3.75. The molecule has 1 heterocycles. The zero-order valence-corrected chi connectivity index (χ0v) is 8.91. The SMILES string of the molecule is CC1(C)CCC(NC2CSC2)C1. The highest BCUT2D eigenvalue weighted by Gasteiger charge is 2.32. The van der Waals surface area contributed by atoms with Crippen molar-refractivity contribution in [2.45, 2.75) is 45.2 Å². The van der Waals surface area contributed by atoms with Gasteiger partial charge in [0.2, 0.25) is 0 Å². The van der Waals surface area contributed by atoms with E-state index in [4.69, 9.17) is 0 Å². The van der Waals surface area contributed by atoms with Crippen LogP contribution >= 0.6 is 11.8 Å². The normalized spacial score (nSPS) is 35.0. The predicted octanol–water partition coefficient (Wildman–Crippen LogP) is 2.27. The van der Waals surface area contributed by atoms with Gasteiger partial charge < -0.3 is 5.32 Å². The summed E-state index contributed by atoms with van der Waals surface area (Å²) in [6, 6.07) is 1.67. The molecule has 12 heavy (non-hydrogen) atoms. The zero-order chi connectivity index (χ0) is 8.60. The van der Waals surface area contributed by atoms with E-state index in [1.165, 1.54) is 30.8 Å². The Kier molecular flexibility index (Phi) is 2.39. The second-order valence-corrected chi connectivity index (χ2v) is 6.08. The number of nitrogens with one attached hydrogen (secondary N) is 1. The third-order valence-electron chi connectivity index (χ3n) is 3.08. The summed E-state index contributed by atoms with van der Waals surface area (Å²) in [5, 5.41) is 3.75. The molecular formula is C10H19NS. The van der Waals surface area contributed by atoms with Gasteiger partial charge in [-0.3, -0.25) is 0 Å². The summed E-state index contributed by atoms with van der Waals surface area (Å²) in [4.78, 5) is 0. The Morgan fingerprint density at radius 1 is 1.25 bits per heavy atom. The maximum absolute atomic E-state index is 3.75. The minimum Gasteiger partial charge on any atom is -0.310 e. The molecule has 0 spiro atoms. The van der Waals surface area contributed by atoms with Crippen LogP contribution in [0.15, 0.2) is 0 Å². The summed E-state index contributed by atoms with van der Waals surface area (Å²) < 4.78 is 0. The molecule has 2 rings (SSSR count). The molecule has 1 saturated carbocycles. The van der Waals surface area contributed by atoms with Gasteiger partial charge in [0.1, 0.15) is 0 Å². The molecule has 1 nitrogen and oxygen atoms in total. The number of hydrogen-bond donors (Lipinski definition) is 1. The van der Waals surface area contributed by atoms with Gasteiger partial charge in [0, 0.05) is 23.6 Å². The van der Waals surface area contributed by atoms with Crippen LogP contribution in [0.1, 0.15) is 33.1 Å². The molecule has 1 aliphatic carbocycles. The Balaban J connectivity index is 1.75. The highest BCUT2D eigenvalue weighted by atomic mass is 32.2. The molecule has 2 heteroatoms. The van der Waals surface area contributed by atoms with E-state index in [-0.39, 0.29) is 0 Å². The van der Waals surface area contributed by atoms with Crippen molar-refractivity contribution in [3.8, 4) is 0 Å². The van der Waals surface area contributed by atoms with Crippen LogP contribution in [0.3, 0.4) is 0 Å². The Labute approximate surface area is 79.7 Å². The van der Waals surface area contributed by atoms with E-state index >= 15 is 0 Å². The van der Waals surface area contributed by atoms with Gasteiger partial charge in [-0.25, -0.2) is 0 Å². The average Bonchev–Trinajstić information content (AvgIpc) is 2.21. The van der Waals surface area contributed by atoms with Crippen LogP contribution in [0.25, 0.3) is 0 Å². The lowest BCUT2D eigenvalue weighted by atomic mass is 9.92. The molecule has 0 amide bonds. The van der Waals surface area contributed by atoms with Crippen LogP contribution < -0.4 is 5.32 Å². The summed E-state index contributed by atoms with van der Waals surface area (Å²) >= 11 is 2.07. The number of rotatable bonds is 2. The Bertz CT molecular complexity index is 163. The summed E-state index contributed by atoms with van der Waals surface area (Å²) in [6.45, 7) is 4.79. The number of thioether (sulfide) groups is 1. The van der Waals surface area contributed by atoms with Gasteiger partial charge in [0.25, 0.3) is 0 Å². The lowest BCUT2D eigenvalue weighted by molar-refractivity contribution is 0.358. The van der Waals surface area contributed by atoms with Crippen molar-refractivity contribution in [1.29, 1.82) is 0 Å². The third kappa shape index (κ3) is 1.97. The van der Waals surface area contributed by atoms with Gasteiger partial charge in [0.05, 0.1) is 0 Å². The molecule has 1 atom stereocenters. The molecule has 1 aliphatic heterocycles. The smallest absolute Gasteiger partial charge is 0.0251 e. The van der Waals surface area contributed by atoms with Crippen LogP contribution in [-0.4, -0.2) is 23.6 Å². The van der Waals surface area contributed by atoms with E-state index in [9.17, 15) is 0 Å². The summed E-state index contributed by atoms with van der Waals surface area (Å²) in [5.41, 5.74) is 0.606. The first kappa shape index (κ1) is 8.89. The van der Waals surface area contributed by atoms with Gasteiger partial charge in [-0.1, -0.05) is 13.8 Å². The van der Waals surface area contributed by atoms with Crippen molar-refractivity contribution in [3.05, 3.63) is 0 Å². The van der Waals surface area contributed by atoms with E-state index in [2.05, 4.69) is 30.9 Å². The van der Waals surface area contributed by atoms with Crippen LogP contribution in [0, 0.1) is 5.41 Å². The van der Waals surface area contributed by atoms with Crippen molar-refractivity contribution in [2.75, 3.05) is 11.5 Å². The lowest BCUT2D eigenvalue weighted by Gasteiger charge is -2.30. The first-order valence-corrected chi connectivity index (χ1v) is 6.15. The second kappa shape index (κ2) is 3.22. The molecule has 1 N–H and O–H groups in total. The third-order valence-corrected chi connectivity index (χ3v) is 4.35. The summed E-state index contributed by atoms with van der Waals surface area (Å²) in [7, 11) is 0. The molecule has 0 bridgehead atoms. The standard InChI is InChI=1S/C10H19NS/c1-10(2)4-3-8(5-10)11-9-6-12-7-9/h8-9,11H,3-7H2,1-2H3. The second-order valence-electron chi connectivity index (χ2n) is 5.00. The van der Waals surface area contributed by atoms with Gasteiger partial charge in [-0.05, 0) is 24.7 Å². The van der Waals surface area contributed by atoms with E-state index in [0.717, 1.165) is 12.1 Å². The average molecular weight is 185 g/mol. The minimum atomic E-state index is 0.606. The molecule has 0 aromatic carbocycles. The van der Waals surface area contributed by atoms with Gasteiger partial charge >= 0.3 is 0 Å². The highest BCUT2D eigenvalue weighted by Crippen LogP contribution is 2.37. The minimum absolute atomic E-state index is 0.606. The van der Waals surface area contributed by atoms with Crippen LogP contribution in [0.4, 0.5) is 0 Å². The Morgan fingerprint density at radius 2 is 2.00 bits per heavy atom.